The van der Waals surface area contributed by atoms with Gasteiger partial charge < -0.3 is 17.2 Å². The van der Waals surface area contributed by atoms with E-state index in [-0.39, 0.29) is 17.3 Å². The molecule has 3 aromatic rings. The molecule has 2 heterocycles. The van der Waals surface area contributed by atoms with E-state index in [1.54, 1.807) is 42.7 Å². The molecule has 9 heteroatoms. The zero-order chi connectivity index (χ0) is 17.1. The predicted octanol–water partition coefficient (Wildman–Crippen LogP) is 3.35. The molecule has 6 N–H and O–H groups in total. The van der Waals surface area contributed by atoms with Crippen LogP contribution < -0.4 is 17.2 Å². The van der Waals surface area contributed by atoms with Crippen molar-refractivity contribution in [2.24, 2.45) is 10.2 Å². The number of nitrogen functional groups attached to an aromatic ring is 3. The van der Waals surface area contributed by atoms with Gasteiger partial charge in [0.1, 0.15) is 5.69 Å². The van der Waals surface area contributed by atoms with Crippen LogP contribution in [0.2, 0.25) is 5.02 Å². The van der Waals surface area contributed by atoms with E-state index in [0.717, 1.165) is 0 Å². The van der Waals surface area contributed by atoms with Gasteiger partial charge in [0, 0.05) is 23.6 Å². The van der Waals surface area contributed by atoms with Crippen LogP contribution in [0.5, 0.6) is 0 Å². The molecule has 0 aliphatic carbocycles. The first kappa shape index (κ1) is 15.6. The average Bonchev–Trinajstić information content (AvgIpc) is 2.56. The van der Waals surface area contributed by atoms with Crippen LogP contribution in [0.4, 0.5) is 28.7 Å². The van der Waals surface area contributed by atoms with E-state index in [0.29, 0.717) is 27.8 Å². The maximum atomic E-state index is 6.05. The lowest BCUT2D eigenvalue weighted by molar-refractivity contribution is 1.14. The summed E-state index contributed by atoms with van der Waals surface area (Å²) in [4.78, 5) is 12.4. The maximum Gasteiger partial charge on any atom is 0.170 e. The fourth-order valence-corrected chi connectivity index (χ4v) is 2.15. The summed E-state index contributed by atoms with van der Waals surface area (Å²) in [5.74, 6) is 0.580. The van der Waals surface area contributed by atoms with E-state index in [2.05, 4.69) is 25.2 Å². The second kappa shape index (κ2) is 6.47. The number of nitrogens with zero attached hydrogens (tertiary/aromatic N) is 5. The van der Waals surface area contributed by atoms with E-state index in [1.165, 1.54) is 0 Å². The molecule has 0 saturated carbocycles. The van der Waals surface area contributed by atoms with Crippen molar-refractivity contribution in [3.05, 3.63) is 47.7 Å². The fourth-order valence-electron chi connectivity index (χ4n) is 1.93. The van der Waals surface area contributed by atoms with Crippen molar-refractivity contribution in [1.82, 2.24) is 15.0 Å². The van der Waals surface area contributed by atoms with Crippen molar-refractivity contribution in [2.45, 2.75) is 0 Å². The van der Waals surface area contributed by atoms with Gasteiger partial charge in [0.05, 0.1) is 5.02 Å². The minimum atomic E-state index is 0.108. The molecule has 0 unspecified atom stereocenters. The zero-order valence-corrected chi connectivity index (χ0v) is 13.1. The molecule has 0 atom stereocenters. The smallest absolute Gasteiger partial charge is 0.170 e. The third-order valence-electron chi connectivity index (χ3n) is 3.09. The number of pyridine rings is 1. The quantitative estimate of drug-likeness (QED) is 0.493. The third kappa shape index (κ3) is 3.23. The minimum absolute atomic E-state index is 0.108. The number of azo groups is 1. The van der Waals surface area contributed by atoms with Gasteiger partial charge in [-0.05, 0) is 30.3 Å². The van der Waals surface area contributed by atoms with Crippen LogP contribution in [-0.2, 0) is 0 Å². The van der Waals surface area contributed by atoms with Gasteiger partial charge in [0.25, 0.3) is 0 Å². The molecule has 0 fully saturated rings. The Morgan fingerprint density at radius 1 is 0.958 bits per heavy atom. The van der Waals surface area contributed by atoms with Gasteiger partial charge in [-0.25, -0.2) is 9.97 Å². The minimum Gasteiger partial charge on any atom is -0.399 e. The Kier molecular flexibility index (Phi) is 4.21. The second-order valence-corrected chi connectivity index (χ2v) is 5.23. The molecular formula is C15H13ClN8. The molecule has 0 aliphatic rings. The van der Waals surface area contributed by atoms with E-state index in [4.69, 9.17) is 28.8 Å². The number of nitrogens with two attached hydrogens (primary N) is 3. The molecule has 120 valence electrons. The van der Waals surface area contributed by atoms with Crippen LogP contribution in [-0.4, -0.2) is 15.0 Å². The lowest BCUT2D eigenvalue weighted by Gasteiger charge is -2.06. The molecule has 0 aliphatic heterocycles. The monoisotopic (exact) mass is 340 g/mol. The number of hydrogen-bond acceptors (Lipinski definition) is 8. The molecule has 0 bridgehead atoms. The number of hydrogen-bond donors (Lipinski definition) is 3. The first-order valence-electron chi connectivity index (χ1n) is 6.85. The molecule has 24 heavy (non-hydrogen) atoms. The van der Waals surface area contributed by atoms with Crippen molar-refractivity contribution in [1.29, 1.82) is 0 Å². The zero-order valence-electron chi connectivity index (χ0n) is 12.4. The van der Waals surface area contributed by atoms with E-state index in [9.17, 15) is 0 Å². The average molecular weight is 341 g/mol. The van der Waals surface area contributed by atoms with Crippen molar-refractivity contribution in [3.8, 4) is 11.4 Å². The largest absolute Gasteiger partial charge is 0.399 e. The molecule has 8 nitrogen and oxygen atoms in total. The van der Waals surface area contributed by atoms with Crippen molar-refractivity contribution >= 4 is 40.3 Å². The Bertz CT molecular complexity index is 888. The van der Waals surface area contributed by atoms with Crippen LogP contribution in [0, 0.1) is 0 Å². The van der Waals surface area contributed by atoms with Crippen molar-refractivity contribution < 1.29 is 0 Å². The van der Waals surface area contributed by atoms with Gasteiger partial charge in [-0.2, -0.15) is 0 Å². The standard InChI is InChI=1S/C15H13ClN8/c16-10-6-9(17)3-4-11(10)23-24-12-13(18)21-15(22-14(12)19)8-2-1-5-20-7-8/h1-7H,17H2,(H4,18,19,21,22)/b24-23+. The Morgan fingerprint density at radius 2 is 1.71 bits per heavy atom. The highest BCUT2D eigenvalue weighted by atomic mass is 35.5. The lowest BCUT2D eigenvalue weighted by Crippen LogP contribution is -2.01. The first-order chi connectivity index (χ1) is 11.5. The molecule has 2 aromatic heterocycles. The number of rotatable bonds is 3. The summed E-state index contributed by atoms with van der Waals surface area (Å²) in [6, 6.07) is 8.44. The number of benzene rings is 1. The molecule has 0 spiro atoms. The Hall–Kier alpha value is -3.26. The normalized spacial score (nSPS) is 11.0. The molecule has 0 saturated heterocycles. The maximum absolute atomic E-state index is 6.05. The fraction of sp³-hybridized carbons (Fsp3) is 0. The summed E-state index contributed by atoms with van der Waals surface area (Å²) in [5, 5.41) is 8.40. The highest BCUT2D eigenvalue weighted by Gasteiger charge is 2.11. The van der Waals surface area contributed by atoms with Crippen molar-refractivity contribution in [3.63, 3.8) is 0 Å². The van der Waals surface area contributed by atoms with Gasteiger partial charge in [0.15, 0.2) is 23.1 Å². The van der Waals surface area contributed by atoms with E-state index in [1.807, 2.05) is 0 Å². The Labute approximate surface area is 142 Å². The van der Waals surface area contributed by atoms with E-state index >= 15 is 0 Å². The van der Waals surface area contributed by atoms with Gasteiger partial charge in [-0.3, -0.25) is 4.98 Å². The van der Waals surface area contributed by atoms with Gasteiger partial charge in [-0.15, -0.1) is 10.2 Å². The van der Waals surface area contributed by atoms with Crippen LogP contribution in [0.1, 0.15) is 0 Å². The topological polar surface area (TPSA) is 141 Å². The Balaban J connectivity index is 1.96. The van der Waals surface area contributed by atoms with Gasteiger partial charge >= 0.3 is 0 Å². The SMILES string of the molecule is Nc1ccc(/N=N/c2c(N)nc(-c3cccnc3)nc2N)c(Cl)c1. The molecule has 1 aromatic carbocycles. The van der Waals surface area contributed by atoms with Crippen molar-refractivity contribution in [2.75, 3.05) is 17.2 Å². The lowest BCUT2D eigenvalue weighted by atomic mass is 10.2. The molecular weight excluding hydrogens is 328 g/mol. The summed E-state index contributed by atoms with van der Waals surface area (Å²) in [5.41, 5.74) is 19.3. The highest BCUT2D eigenvalue weighted by molar-refractivity contribution is 6.33. The van der Waals surface area contributed by atoms with Crippen LogP contribution in [0.15, 0.2) is 53.0 Å². The Morgan fingerprint density at radius 3 is 2.33 bits per heavy atom. The number of aromatic nitrogens is 3. The number of anilines is 3. The summed E-state index contributed by atoms with van der Waals surface area (Å²) < 4.78 is 0. The first-order valence-corrected chi connectivity index (χ1v) is 7.22. The van der Waals surface area contributed by atoms with E-state index < -0.39 is 0 Å². The summed E-state index contributed by atoms with van der Waals surface area (Å²) >= 11 is 6.05. The number of halogens is 1. The molecule has 0 amide bonds. The summed E-state index contributed by atoms with van der Waals surface area (Å²) in [6.07, 6.45) is 3.26. The summed E-state index contributed by atoms with van der Waals surface area (Å²) in [6.45, 7) is 0. The van der Waals surface area contributed by atoms with Crippen LogP contribution >= 0.6 is 11.6 Å². The van der Waals surface area contributed by atoms with Crippen LogP contribution in [0.25, 0.3) is 11.4 Å². The predicted molar refractivity (Wildman–Crippen MR) is 94.1 cm³/mol. The molecule has 0 radical (unpaired) electrons. The van der Waals surface area contributed by atoms with Crippen LogP contribution in [0.3, 0.4) is 0 Å². The molecule has 3 rings (SSSR count). The third-order valence-corrected chi connectivity index (χ3v) is 3.39. The highest BCUT2D eigenvalue weighted by Crippen LogP contribution is 2.33. The van der Waals surface area contributed by atoms with Gasteiger partial charge in [-0.1, -0.05) is 11.6 Å². The summed E-state index contributed by atoms with van der Waals surface area (Å²) in [7, 11) is 0. The second-order valence-electron chi connectivity index (χ2n) is 4.82. The van der Waals surface area contributed by atoms with Gasteiger partial charge in [0.2, 0.25) is 0 Å².